The molecule has 0 bridgehead atoms. The Morgan fingerprint density at radius 1 is 1.41 bits per heavy atom. The third kappa shape index (κ3) is 3.19. The summed E-state index contributed by atoms with van der Waals surface area (Å²) in [5.74, 6) is 0.672. The molecule has 1 heterocycles. The molecule has 4 nitrogen and oxygen atoms in total. The maximum absolute atomic E-state index is 11.9. The molecule has 3 N–H and O–H groups in total. The number of nitrogens with zero attached hydrogens (tertiary/aromatic N) is 1. The number of hydrogen-bond donors (Lipinski definition) is 2. The Morgan fingerprint density at radius 2 is 2.12 bits per heavy atom. The zero-order valence-electron chi connectivity index (χ0n) is 10.1. The molecular weight excluding hydrogens is 214 g/mol. The summed E-state index contributed by atoms with van der Waals surface area (Å²) in [7, 11) is 0. The maximum atomic E-state index is 11.9. The van der Waals surface area contributed by atoms with Crippen molar-refractivity contribution in [1.29, 1.82) is 0 Å². The van der Waals surface area contributed by atoms with E-state index >= 15 is 0 Å². The molecule has 1 aliphatic rings. The van der Waals surface area contributed by atoms with Crippen LogP contribution in [0.4, 0.5) is 5.69 Å². The summed E-state index contributed by atoms with van der Waals surface area (Å²) in [5, 5.41) is 3.03. The van der Waals surface area contributed by atoms with Gasteiger partial charge in [0.1, 0.15) is 5.69 Å². The second-order valence-corrected chi connectivity index (χ2v) is 4.90. The molecule has 4 heteroatoms. The number of nitrogen functional groups attached to an aromatic ring is 1. The van der Waals surface area contributed by atoms with Crippen molar-refractivity contribution in [1.82, 2.24) is 10.3 Å². The minimum atomic E-state index is -0.114. The predicted octanol–water partition coefficient (Wildman–Crippen LogP) is 1.97. The quantitative estimate of drug-likeness (QED) is 0.820. The van der Waals surface area contributed by atoms with Crippen LogP contribution in [0.2, 0.25) is 0 Å². The highest BCUT2D eigenvalue weighted by Crippen LogP contribution is 2.23. The smallest absolute Gasteiger partial charge is 0.270 e. The molecule has 0 radical (unpaired) electrons. The number of hydrogen-bond acceptors (Lipinski definition) is 3. The molecule has 0 atom stereocenters. The van der Waals surface area contributed by atoms with Crippen LogP contribution in [0.1, 0.15) is 43.1 Å². The van der Waals surface area contributed by atoms with E-state index in [1.54, 1.807) is 18.3 Å². The SMILES string of the molecule is CC1CCC(NC(=O)c2cc(N)ccn2)CC1. The van der Waals surface area contributed by atoms with Crippen LogP contribution >= 0.6 is 0 Å². The third-order valence-corrected chi connectivity index (χ3v) is 3.37. The van der Waals surface area contributed by atoms with Gasteiger partial charge >= 0.3 is 0 Å². The van der Waals surface area contributed by atoms with E-state index in [0.717, 1.165) is 18.8 Å². The molecule has 1 aromatic rings. The van der Waals surface area contributed by atoms with Crippen molar-refractivity contribution in [3.63, 3.8) is 0 Å². The Bertz CT molecular complexity index is 397. The van der Waals surface area contributed by atoms with Gasteiger partial charge in [0, 0.05) is 17.9 Å². The number of aromatic nitrogens is 1. The first-order chi connectivity index (χ1) is 8.15. The molecule has 2 rings (SSSR count). The van der Waals surface area contributed by atoms with E-state index in [0.29, 0.717) is 17.4 Å². The van der Waals surface area contributed by atoms with E-state index in [2.05, 4.69) is 17.2 Å². The fraction of sp³-hybridized carbons (Fsp3) is 0.538. The molecule has 1 aliphatic carbocycles. The van der Waals surface area contributed by atoms with Crippen LogP contribution in [0, 0.1) is 5.92 Å². The molecule has 0 spiro atoms. The topological polar surface area (TPSA) is 68.0 Å². The molecule has 0 aromatic carbocycles. The van der Waals surface area contributed by atoms with Gasteiger partial charge in [0.15, 0.2) is 0 Å². The number of pyridine rings is 1. The monoisotopic (exact) mass is 233 g/mol. The van der Waals surface area contributed by atoms with Gasteiger partial charge in [-0.05, 0) is 43.7 Å². The van der Waals surface area contributed by atoms with E-state index in [4.69, 9.17) is 5.73 Å². The second kappa shape index (κ2) is 5.17. The Morgan fingerprint density at radius 3 is 2.76 bits per heavy atom. The average Bonchev–Trinajstić information content (AvgIpc) is 2.32. The Labute approximate surface area is 102 Å². The van der Waals surface area contributed by atoms with Crippen LogP contribution < -0.4 is 11.1 Å². The number of carbonyl (C=O) groups excluding carboxylic acids is 1. The first kappa shape index (κ1) is 11.9. The lowest BCUT2D eigenvalue weighted by molar-refractivity contribution is 0.0918. The van der Waals surface area contributed by atoms with Crippen molar-refractivity contribution in [2.24, 2.45) is 5.92 Å². The van der Waals surface area contributed by atoms with Crippen LogP contribution in [0.5, 0.6) is 0 Å². The molecule has 0 aliphatic heterocycles. The Balaban J connectivity index is 1.93. The van der Waals surface area contributed by atoms with E-state index in [-0.39, 0.29) is 5.91 Å². The highest BCUT2D eigenvalue weighted by atomic mass is 16.1. The normalized spacial score (nSPS) is 24.3. The average molecular weight is 233 g/mol. The molecule has 17 heavy (non-hydrogen) atoms. The number of nitrogens with one attached hydrogen (secondary N) is 1. The molecular formula is C13H19N3O. The summed E-state index contributed by atoms with van der Waals surface area (Å²) in [5.41, 5.74) is 6.61. The van der Waals surface area contributed by atoms with E-state index in [1.807, 2.05) is 0 Å². The Hall–Kier alpha value is -1.58. The molecule has 92 valence electrons. The number of anilines is 1. The summed E-state index contributed by atoms with van der Waals surface area (Å²) in [6, 6.07) is 3.58. The van der Waals surface area contributed by atoms with Gasteiger partial charge in [0.2, 0.25) is 0 Å². The van der Waals surface area contributed by atoms with Crippen molar-refractivity contribution in [3.05, 3.63) is 24.0 Å². The predicted molar refractivity (Wildman–Crippen MR) is 67.5 cm³/mol. The van der Waals surface area contributed by atoms with Crippen LogP contribution in [0.3, 0.4) is 0 Å². The molecule has 1 amide bonds. The van der Waals surface area contributed by atoms with Crippen LogP contribution in [0.15, 0.2) is 18.3 Å². The van der Waals surface area contributed by atoms with E-state index in [1.165, 1.54) is 12.8 Å². The molecule has 1 aromatic heterocycles. The zero-order valence-corrected chi connectivity index (χ0v) is 10.1. The standard InChI is InChI=1S/C13H19N3O/c1-9-2-4-11(5-3-9)16-13(17)12-8-10(14)6-7-15-12/h6-9,11H,2-5H2,1H3,(H2,14,15)(H,16,17). The summed E-state index contributed by atoms with van der Waals surface area (Å²) < 4.78 is 0. The lowest BCUT2D eigenvalue weighted by Gasteiger charge is -2.26. The van der Waals surface area contributed by atoms with Gasteiger partial charge < -0.3 is 11.1 Å². The van der Waals surface area contributed by atoms with Crippen LogP contribution in [-0.4, -0.2) is 16.9 Å². The van der Waals surface area contributed by atoms with E-state index < -0.39 is 0 Å². The van der Waals surface area contributed by atoms with Gasteiger partial charge in [-0.25, -0.2) is 0 Å². The molecule has 0 saturated heterocycles. The van der Waals surface area contributed by atoms with Crippen molar-refractivity contribution in [3.8, 4) is 0 Å². The summed E-state index contributed by atoms with van der Waals surface area (Å²) in [4.78, 5) is 15.9. The van der Waals surface area contributed by atoms with Gasteiger partial charge in [0.25, 0.3) is 5.91 Å². The minimum Gasteiger partial charge on any atom is -0.399 e. The van der Waals surface area contributed by atoms with Crippen molar-refractivity contribution in [2.45, 2.75) is 38.6 Å². The molecule has 1 fully saturated rings. The molecule has 1 saturated carbocycles. The van der Waals surface area contributed by atoms with Gasteiger partial charge in [-0.2, -0.15) is 0 Å². The summed E-state index contributed by atoms with van der Waals surface area (Å²) >= 11 is 0. The number of nitrogens with two attached hydrogens (primary N) is 1. The maximum Gasteiger partial charge on any atom is 0.270 e. The lowest BCUT2D eigenvalue weighted by atomic mass is 9.87. The highest BCUT2D eigenvalue weighted by Gasteiger charge is 2.20. The van der Waals surface area contributed by atoms with Gasteiger partial charge in [-0.1, -0.05) is 6.92 Å². The van der Waals surface area contributed by atoms with Crippen LogP contribution in [0.25, 0.3) is 0 Å². The van der Waals surface area contributed by atoms with Crippen LogP contribution in [-0.2, 0) is 0 Å². The summed E-state index contributed by atoms with van der Waals surface area (Å²) in [6.07, 6.45) is 6.07. The van der Waals surface area contributed by atoms with Gasteiger partial charge in [-0.3, -0.25) is 9.78 Å². The first-order valence-electron chi connectivity index (χ1n) is 6.17. The lowest BCUT2D eigenvalue weighted by Crippen LogP contribution is -2.37. The fourth-order valence-electron chi connectivity index (χ4n) is 2.23. The summed E-state index contributed by atoms with van der Waals surface area (Å²) in [6.45, 7) is 2.26. The van der Waals surface area contributed by atoms with E-state index in [9.17, 15) is 4.79 Å². The van der Waals surface area contributed by atoms with Gasteiger partial charge in [0.05, 0.1) is 0 Å². The largest absolute Gasteiger partial charge is 0.399 e. The zero-order chi connectivity index (χ0) is 12.3. The fourth-order valence-corrected chi connectivity index (χ4v) is 2.23. The Kier molecular flexibility index (Phi) is 3.61. The van der Waals surface area contributed by atoms with Crippen molar-refractivity contribution >= 4 is 11.6 Å². The first-order valence-corrected chi connectivity index (χ1v) is 6.17. The van der Waals surface area contributed by atoms with Crippen molar-refractivity contribution < 1.29 is 4.79 Å². The minimum absolute atomic E-state index is 0.114. The third-order valence-electron chi connectivity index (χ3n) is 3.37. The van der Waals surface area contributed by atoms with Gasteiger partial charge in [-0.15, -0.1) is 0 Å². The molecule has 0 unspecified atom stereocenters. The number of amides is 1. The number of rotatable bonds is 2. The van der Waals surface area contributed by atoms with Crippen molar-refractivity contribution in [2.75, 3.05) is 5.73 Å². The highest BCUT2D eigenvalue weighted by molar-refractivity contribution is 5.93. The second-order valence-electron chi connectivity index (χ2n) is 4.90. The number of carbonyl (C=O) groups is 1.